The molecule has 0 bridgehead atoms. The maximum atomic E-state index is 12.5. The van der Waals surface area contributed by atoms with Crippen LogP contribution in [0, 0.1) is 0 Å². The first-order valence-corrected chi connectivity index (χ1v) is 9.06. The van der Waals surface area contributed by atoms with E-state index in [-0.39, 0.29) is 11.8 Å². The molecule has 0 radical (unpaired) electrons. The molecule has 28 heavy (non-hydrogen) atoms. The minimum atomic E-state index is -0.250. The summed E-state index contributed by atoms with van der Waals surface area (Å²) < 4.78 is 0. The summed E-state index contributed by atoms with van der Waals surface area (Å²) in [6.45, 7) is 0. The molecular weight excluding hydrogens is 374 g/mol. The van der Waals surface area contributed by atoms with Crippen molar-refractivity contribution < 1.29 is 9.59 Å². The molecule has 0 heterocycles. The minimum absolute atomic E-state index is 0.235. The molecule has 6 heteroatoms. The normalized spacial score (nSPS) is 10.2. The number of halogens is 1. The average Bonchev–Trinajstić information content (AvgIpc) is 2.70. The number of anilines is 3. The van der Waals surface area contributed by atoms with Crippen LogP contribution in [0.5, 0.6) is 0 Å². The Morgan fingerprint density at radius 1 is 0.786 bits per heavy atom. The topological polar surface area (TPSA) is 61.4 Å². The van der Waals surface area contributed by atoms with Crippen molar-refractivity contribution >= 4 is 40.5 Å². The van der Waals surface area contributed by atoms with Gasteiger partial charge in [0.1, 0.15) is 0 Å². The highest BCUT2D eigenvalue weighted by Crippen LogP contribution is 2.26. The average molecular weight is 394 g/mol. The van der Waals surface area contributed by atoms with Crippen LogP contribution in [0.3, 0.4) is 0 Å². The van der Waals surface area contributed by atoms with Crippen LogP contribution < -0.4 is 15.5 Å². The summed E-state index contributed by atoms with van der Waals surface area (Å²) in [4.78, 5) is 26.7. The highest BCUT2D eigenvalue weighted by molar-refractivity contribution is 6.34. The number of rotatable bonds is 5. The second-order valence-corrected chi connectivity index (χ2v) is 6.82. The smallest absolute Gasteiger partial charge is 0.255 e. The minimum Gasteiger partial charge on any atom is -0.378 e. The van der Waals surface area contributed by atoms with Crippen LogP contribution in [-0.4, -0.2) is 25.9 Å². The fraction of sp³-hybridized carbons (Fsp3) is 0.0909. The van der Waals surface area contributed by atoms with Crippen LogP contribution in [0.2, 0.25) is 5.02 Å². The van der Waals surface area contributed by atoms with E-state index in [4.69, 9.17) is 11.6 Å². The molecule has 0 saturated carbocycles. The Kier molecular flexibility index (Phi) is 5.96. The number of nitrogens with one attached hydrogen (secondary N) is 2. The van der Waals surface area contributed by atoms with E-state index >= 15 is 0 Å². The predicted octanol–water partition coefficient (Wildman–Crippen LogP) is 4.91. The Morgan fingerprint density at radius 3 is 2.14 bits per heavy atom. The van der Waals surface area contributed by atoms with Gasteiger partial charge in [-0.05, 0) is 48.5 Å². The maximum absolute atomic E-state index is 12.5. The van der Waals surface area contributed by atoms with Crippen molar-refractivity contribution in [1.29, 1.82) is 0 Å². The molecule has 3 aromatic rings. The lowest BCUT2D eigenvalue weighted by Crippen LogP contribution is -2.15. The Labute approximate surface area is 168 Å². The number of amides is 2. The standard InChI is InChI=1S/C22H20ClN3O2/c1-26(2)18-10-6-9-16(13-18)22(28)24-17-11-12-20(19(23)14-17)25-21(27)15-7-4-3-5-8-15/h3-14H,1-2H3,(H,24,28)(H,25,27). The first-order valence-electron chi connectivity index (χ1n) is 8.69. The third-order valence-electron chi connectivity index (χ3n) is 4.14. The molecule has 5 nitrogen and oxygen atoms in total. The van der Waals surface area contributed by atoms with Crippen molar-refractivity contribution in [2.75, 3.05) is 29.6 Å². The Hall–Kier alpha value is -3.31. The summed E-state index contributed by atoms with van der Waals surface area (Å²) in [5.74, 6) is -0.486. The molecule has 0 aromatic heterocycles. The second-order valence-electron chi connectivity index (χ2n) is 6.41. The zero-order valence-electron chi connectivity index (χ0n) is 15.6. The zero-order chi connectivity index (χ0) is 20.1. The predicted molar refractivity (Wildman–Crippen MR) is 115 cm³/mol. The van der Waals surface area contributed by atoms with Gasteiger partial charge in [0.15, 0.2) is 0 Å². The number of hydrogen-bond acceptors (Lipinski definition) is 3. The van der Waals surface area contributed by atoms with Crippen LogP contribution in [0.15, 0.2) is 72.8 Å². The van der Waals surface area contributed by atoms with Gasteiger partial charge < -0.3 is 15.5 Å². The quantitative estimate of drug-likeness (QED) is 0.647. The van der Waals surface area contributed by atoms with E-state index in [1.807, 2.05) is 43.3 Å². The first-order chi connectivity index (χ1) is 13.4. The van der Waals surface area contributed by atoms with Gasteiger partial charge in [-0.3, -0.25) is 9.59 Å². The van der Waals surface area contributed by atoms with Crippen LogP contribution in [0.4, 0.5) is 17.1 Å². The van der Waals surface area contributed by atoms with Gasteiger partial charge in [0.25, 0.3) is 11.8 Å². The number of benzene rings is 3. The first kappa shape index (κ1) is 19.5. The number of carbonyl (C=O) groups excluding carboxylic acids is 2. The van der Waals surface area contributed by atoms with E-state index < -0.39 is 0 Å². The lowest BCUT2D eigenvalue weighted by Gasteiger charge is -2.14. The Balaban J connectivity index is 1.71. The van der Waals surface area contributed by atoms with Crippen LogP contribution in [0.1, 0.15) is 20.7 Å². The van der Waals surface area contributed by atoms with Gasteiger partial charge in [-0.25, -0.2) is 0 Å². The molecule has 2 amide bonds. The van der Waals surface area contributed by atoms with E-state index in [2.05, 4.69) is 10.6 Å². The van der Waals surface area contributed by atoms with Gasteiger partial charge in [0.05, 0.1) is 10.7 Å². The molecule has 142 valence electrons. The fourth-order valence-electron chi connectivity index (χ4n) is 2.61. The van der Waals surface area contributed by atoms with Crippen molar-refractivity contribution in [3.63, 3.8) is 0 Å². The Bertz CT molecular complexity index is 1000. The molecule has 3 aromatic carbocycles. The molecule has 3 rings (SSSR count). The van der Waals surface area contributed by atoms with Gasteiger partial charge in [0.2, 0.25) is 0 Å². The third-order valence-corrected chi connectivity index (χ3v) is 4.45. The molecule has 0 unspecified atom stereocenters. The summed E-state index contributed by atoms with van der Waals surface area (Å²) in [5.41, 5.74) is 3.04. The van der Waals surface area contributed by atoms with Crippen molar-refractivity contribution in [2.24, 2.45) is 0 Å². The van der Waals surface area contributed by atoms with Crippen LogP contribution in [-0.2, 0) is 0 Å². The summed E-state index contributed by atoms with van der Waals surface area (Å²) >= 11 is 6.28. The molecule has 0 aliphatic heterocycles. The summed E-state index contributed by atoms with van der Waals surface area (Å²) in [6.07, 6.45) is 0. The van der Waals surface area contributed by atoms with E-state index in [1.54, 1.807) is 48.5 Å². The zero-order valence-corrected chi connectivity index (χ0v) is 16.3. The number of hydrogen-bond donors (Lipinski definition) is 2. The van der Waals surface area contributed by atoms with E-state index in [9.17, 15) is 9.59 Å². The third kappa shape index (κ3) is 4.69. The summed E-state index contributed by atoms with van der Waals surface area (Å²) in [6, 6.07) is 21.2. The monoisotopic (exact) mass is 393 g/mol. The van der Waals surface area contributed by atoms with Gasteiger partial charge in [0, 0.05) is 36.6 Å². The van der Waals surface area contributed by atoms with E-state index in [1.165, 1.54) is 0 Å². The Morgan fingerprint density at radius 2 is 1.46 bits per heavy atom. The summed E-state index contributed by atoms with van der Waals surface area (Å²) in [7, 11) is 3.83. The SMILES string of the molecule is CN(C)c1cccc(C(=O)Nc2ccc(NC(=O)c3ccccc3)c(Cl)c2)c1. The molecule has 2 N–H and O–H groups in total. The molecule has 0 fully saturated rings. The summed E-state index contributed by atoms with van der Waals surface area (Å²) in [5, 5.41) is 5.93. The van der Waals surface area contributed by atoms with Crippen molar-refractivity contribution in [2.45, 2.75) is 0 Å². The molecular formula is C22H20ClN3O2. The van der Waals surface area contributed by atoms with Crippen LogP contribution in [0.25, 0.3) is 0 Å². The van der Waals surface area contributed by atoms with Crippen molar-refractivity contribution in [3.05, 3.63) is 88.9 Å². The van der Waals surface area contributed by atoms with E-state index in [0.29, 0.717) is 27.5 Å². The van der Waals surface area contributed by atoms with Crippen LogP contribution >= 0.6 is 11.6 Å². The highest BCUT2D eigenvalue weighted by Gasteiger charge is 2.11. The van der Waals surface area contributed by atoms with Gasteiger partial charge in [-0.1, -0.05) is 35.9 Å². The van der Waals surface area contributed by atoms with Crippen molar-refractivity contribution in [3.8, 4) is 0 Å². The molecule has 0 aliphatic carbocycles. The van der Waals surface area contributed by atoms with Gasteiger partial charge in [-0.2, -0.15) is 0 Å². The lowest BCUT2D eigenvalue weighted by molar-refractivity contribution is 0.101. The largest absolute Gasteiger partial charge is 0.378 e. The molecule has 0 aliphatic rings. The second kappa shape index (κ2) is 8.59. The number of nitrogens with zero attached hydrogens (tertiary/aromatic N) is 1. The van der Waals surface area contributed by atoms with Gasteiger partial charge in [-0.15, -0.1) is 0 Å². The molecule has 0 spiro atoms. The highest BCUT2D eigenvalue weighted by atomic mass is 35.5. The molecule has 0 saturated heterocycles. The fourth-order valence-corrected chi connectivity index (χ4v) is 2.83. The lowest BCUT2D eigenvalue weighted by atomic mass is 10.1. The number of carbonyl (C=O) groups is 2. The van der Waals surface area contributed by atoms with Crippen molar-refractivity contribution in [1.82, 2.24) is 0 Å². The van der Waals surface area contributed by atoms with E-state index in [0.717, 1.165) is 5.69 Å². The maximum Gasteiger partial charge on any atom is 0.255 e. The van der Waals surface area contributed by atoms with Gasteiger partial charge >= 0.3 is 0 Å². The molecule has 0 atom stereocenters.